The highest BCUT2D eigenvalue weighted by Crippen LogP contribution is 2.30. The van der Waals surface area contributed by atoms with Crippen LogP contribution >= 0.6 is 0 Å². The maximum absolute atomic E-state index is 12.6. The molecule has 27 heavy (non-hydrogen) atoms. The zero-order valence-electron chi connectivity index (χ0n) is 14.3. The van der Waals surface area contributed by atoms with E-state index in [1.807, 2.05) is 6.07 Å². The second kappa shape index (κ2) is 7.23. The Morgan fingerprint density at radius 3 is 2.56 bits per heavy atom. The molecule has 1 atom stereocenters. The molecule has 10 heteroatoms. The van der Waals surface area contributed by atoms with Crippen LogP contribution in [0.5, 0.6) is 0 Å². The van der Waals surface area contributed by atoms with E-state index < -0.39 is 23.7 Å². The molecule has 0 saturated heterocycles. The quantitative estimate of drug-likeness (QED) is 0.612. The van der Waals surface area contributed by atoms with Gasteiger partial charge in [-0.15, -0.1) is 5.10 Å². The number of hydrogen-bond donors (Lipinski definition) is 3. The summed E-state index contributed by atoms with van der Waals surface area (Å²) in [5.74, 6) is -0.226. The van der Waals surface area contributed by atoms with Gasteiger partial charge >= 0.3 is 6.18 Å². The Bertz CT molecular complexity index is 951. The van der Waals surface area contributed by atoms with Crippen LogP contribution in [0.25, 0.3) is 5.65 Å². The molecule has 0 aliphatic carbocycles. The number of hydrogen-bond acceptors (Lipinski definition) is 5. The molecule has 1 aromatic carbocycles. The standard InChI is InChI=1S/C17H17F3N6O/c1-10(15(21)27)22-9-13-3-2-4-14-24-16(25-26(13)14)23-12-7-5-11(6-8-12)17(18,19)20/h2-8,10,22H,9H2,1H3,(H2,21,27)(H,23,25)/t10-/m0/s1. The Morgan fingerprint density at radius 1 is 1.22 bits per heavy atom. The molecule has 0 unspecified atom stereocenters. The van der Waals surface area contributed by atoms with Crippen molar-refractivity contribution in [1.29, 1.82) is 0 Å². The predicted molar refractivity (Wildman–Crippen MR) is 93.2 cm³/mol. The molecule has 0 saturated carbocycles. The minimum Gasteiger partial charge on any atom is -0.368 e. The number of alkyl halides is 3. The number of amides is 1. The number of anilines is 2. The van der Waals surface area contributed by atoms with Gasteiger partial charge in [0.25, 0.3) is 0 Å². The molecule has 3 aromatic rings. The Balaban J connectivity index is 1.78. The molecule has 3 rings (SSSR count). The first-order valence-corrected chi connectivity index (χ1v) is 8.05. The smallest absolute Gasteiger partial charge is 0.368 e. The average Bonchev–Trinajstić information content (AvgIpc) is 3.02. The lowest BCUT2D eigenvalue weighted by atomic mass is 10.2. The van der Waals surface area contributed by atoms with E-state index in [1.165, 1.54) is 12.1 Å². The number of carbonyl (C=O) groups excluding carboxylic acids is 1. The topological polar surface area (TPSA) is 97.3 Å². The summed E-state index contributed by atoms with van der Waals surface area (Å²) < 4.78 is 39.5. The van der Waals surface area contributed by atoms with Gasteiger partial charge in [-0.05, 0) is 43.3 Å². The number of halogens is 3. The predicted octanol–water partition coefficient (Wildman–Crippen LogP) is 2.46. The van der Waals surface area contributed by atoms with E-state index in [0.717, 1.165) is 17.8 Å². The number of pyridine rings is 1. The third-order valence-electron chi connectivity index (χ3n) is 3.92. The molecule has 0 aliphatic heterocycles. The van der Waals surface area contributed by atoms with Crippen LogP contribution in [0.2, 0.25) is 0 Å². The van der Waals surface area contributed by atoms with Crippen molar-refractivity contribution in [3.8, 4) is 0 Å². The molecular weight excluding hydrogens is 361 g/mol. The molecule has 0 radical (unpaired) electrons. The van der Waals surface area contributed by atoms with E-state index in [0.29, 0.717) is 17.9 Å². The number of aromatic nitrogens is 3. The Hall–Kier alpha value is -3.14. The summed E-state index contributed by atoms with van der Waals surface area (Å²) in [5, 5.41) is 10.2. The van der Waals surface area contributed by atoms with Crippen molar-refractivity contribution in [2.24, 2.45) is 5.73 Å². The maximum Gasteiger partial charge on any atom is 0.416 e. The van der Waals surface area contributed by atoms with E-state index in [-0.39, 0.29) is 5.95 Å². The number of carbonyl (C=O) groups is 1. The summed E-state index contributed by atoms with van der Waals surface area (Å²) >= 11 is 0. The van der Waals surface area contributed by atoms with E-state index in [9.17, 15) is 18.0 Å². The third-order valence-corrected chi connectivity index (χ3v) is 3.92. The number of benzene rings is 1. The van der Waals surface area contributed by atoms with Crippen molar-refractivity contribution in [2.45, 2.75) is 25.7 Å². The van der Waals surface area contributed by atoms with Crippen LogP contribution in [-0.4, -0.2) is 26.5 Å². The molecule has 0 aliphatic rings. The first-order chi connectivity index (χ1) is 12.7. The summed E-state index contributed by atoms with van der Waals surface area (Å²) in [6, 6.07) is 9.43. The highest BCUT2D eigenvalue weighted by Gasteiger charge is 2.29. The van der Waals surface area contributed by atoms with Gasteiger partial charge in [0.1, 0.15) is 0 Å². The molecule has 0 fully saturated rings. The Morgan fingerprint density at radius 2 is 1.93 bits per heavy atom. The fourth-order valence-corrected chi connectivity index (χ4v) is 2.38. The van der Waals surface area contributed by atoms with E-state index in [2.05, 4.69) is 20.7 Å². The number of fused-ring (bicyclic) bond motifs is 1. The van der Waals surface area contributed by atoms with Crippen LogP contribution in [0, 0.1) is 0 Å². The summed E-state index contributed by atoms with van der Waals surface area (Å²) in [6.07, 6.45) is -4.39. The summed E-state index contributed by atoms with van der Waals surface area (Å²) in [4.78, 5) is 15.4. The van der Waals surface area contributed by atoms with Gasteiger partial charge in [0.15, 0.2) is 5.65 Å². The molecule has 2 aromatic heterocycles. The van der Waals surface area contributed by atoms with Crippen molar-refractivity contribution in [1.82, 2.24) is 19.9 Å². The number of rotatable bonds is 6. The first kappa shape index (κ1) is 18.6. The van der Waals surface area contributed by atoms with Gasteiger partial charge in [0.2, 0.25) is 11.9 Å². The van der Waals surface area contributed by atoms with Gasteiger partial charge in [0, 0.05) is 12.2 Å². The lowest BCUT2D eigenvalue weighted by molar-refractivity contribution is -0.137. The van der Waals surface area contributed by atoms with Crippen molar-refractivity contribution >= 4 is 23.2 Å². The fourth-order valence-electron chi connectivity index (χ4n) is 2.38. The molecule has 0 spiro atoms. The number of nitrogens with one attached hydrogen (secondary N) is 2. The Labute approximate surface area is 152 Å². The van der Waals surface area contributed by atoms with Gasteiger partial charge in [-0.3, -0.25) is 4.79 Å². The molecule has 0 bridgehead atoms. The van der Waals surface area contributed by atoms with Crippen molar-refractivity contribution < 1.29 is 18.0 Å². The van der Waals surface area contributed by atoms with Crippen LogP contribution in [0.1, 0.15) is 18.2 Å². The highest BCUT2D eigenvalue weighted by atomic mass is 19.4. The third kappa shape index (κ3) is 4.34. The molecule has 4 N–H and O–H groups in total. The lowest BCUT2D eigenvalue weighted by Gasteiger charge is -2.10. The minimum atomic E-state index is -4.39. The van der Waals surface area contributed by atoms with Crippen molar-refractivity contribution in [2.75, 3.05) is 5.32 Å². The normalized spacial score (nSPS) is 12.9. The van der Waals surface area contributed by atoms with E-state index in [4.69, 9.17) is 5.73 Å². The summed E-state index contributed by atoms with van der Waals surface area (Å²) in [5.41, 5.74) is 6.22. The fraction of sp³-hybridized carbons (Fsp3) is 0.235. The lowest BCUT2D eigenvalue weighted by Crippen LogP contribution is -2.38. The molecular formula is C17H17F3N6O. The van der Waals surface area contributed by atoms with Gasteiger partial charge < -0.3 is 16.4 Å². The monoisotopic (exact) mass is 378 g/mol. The van der Waals surface area contributed by atoms with E-state index >= 15 is 0 Å². The molecule has 1 amide bonds. The SMILES string of the molecule is C[C@H](NCc1cccc2nc(Nc3ccc(C(F)(F)F)cc3)nn12)C(N)=O. The second-order valence-electron chi connectivity index (χ2n) is 5.93. The average molecular weight is 378 g/mol. The zero-order valence-corrected chi connectivity index (χ0v) is 14.3. The second-order valence-corrected chi connectivity index (χ2v) is 5.93. The molecule has 2 heterocycles. The first-order valence-electron chi connectivity index (χ1n) is 8.05. The summed E-state index contributed by atoms with van der Waals surface area (Å²) in [6.45, 7) is 1.99. The number of nitrogens with zero attached hydrogens (tertiary/aromatic N) is 3. The van der Waals surface area contributed by atoms with Gasteiger partial charge in [-0.25, -0.2) is 4.52 Å². The highest BCUT2D eigenvalue weighted by molar-refractivity contribution is 5.79. The zero-order chi connectivity index (χ0) is 19.6. The van der Waals surface area contributed by atoms with Gasteiger partial charge in [-0.2, -0.15) is 18.2 Å². The van der Waals surface area contributed by atoms with Gasteiger partial charge in [-0.1, -0.05) is 6.07 Å². The van der Waals surface area contributed by atoms with Crippen LogP contribution in [0.3, 0.4) is 0 Å². The van der Waals surface area contributed by atoms with Gasteiger partial charge in [0.05, 0.1) is 17.3 Å². The van der Waals surface area contributed by atoms with Crippen LogP contribution in [-0.2, 0) is 17.5 Å². The number of nitrogens with two attached hydrogens (primary N) is 1. The van der Waals surface area contributed by atoms with Crippen LogP contribution in [0.15, 0.2) is 42.5 Å². The maximum atomic E-state index is 12.6. The molecule has 7 nitrogen and oxygen atoms in total. The van der Waals surface area contributed by atoms with Crippen molar-refractivity contribution in [3.05, 3.63) is 53.7 Å². The van der Waals surface area contributed by atoms with Crippen LogP contribution < -0.4 is 16.4 Å². The van der Waals surface area contributed by atoms with Crippen LogP contribution in [0.4, 0.5) is 24.8 Å². The van der Waals surface area contributed by atoms with E-state index in [1.54, 1.807) is 23.6 Å². The Kier molecular flexibility index (Phi) is 5.00. The minimum absolute atomic E-state index is 0.241. The largest absolute Gasteiger partial charge is 0.416 e. The summed E-state index contributed by atoms with van der Waals surface area (Å²) in [7, 11) is 0. The number of primary amides is 1. The molecule has 142 valence electrons. The van der Waals surface area contributed by atoms with Crippen molar-refractivity contribution in [3.63, 3.8) is 0 Å².